The highest BCUT2D eigenvalue weighted by Crippen LogP contribution is 2.35. The Morgan fingerprint density at radius 1 is 1.20 bits per heavy atom. The highest BCUT2D eigenvalue weighted by Gasteiger charge is 2.19. The van der Waals surface area contributed by atoms with E-state index in [-0.39, 0.29) is 11.6 Å². The van der Waals surface area contributed by atoms with Gasteiger partial charge in [-0.25, -0.2) is 0 Å². The number of hydrogen-bond acceptors (Lipinski definition) is 3. The van der Waals surface area contributed by atoms with Crippen LogP contribution in [0.25, 0.3) is 0 Å². The van der Waals surface area contributed by atoms with Crippen LogP contribution in [-0.2, 0) is 0 Å². The number of halogens is 3. The number of phenols is 1. The molecule has 1 rings (SSSR count). The van der Waals surface area contributed by atoms with Crippen molar-refractivity contribution in [3.8, 4) is 5.75 Å². The van der Waals surface area contributed by atoms with Crippen molar-refractivity contribution in [1.82, 2.24) is 0 Å². The summed E-state index contributed by atoms with van der Waals surface area (Å²) in [4.78, 5) is 0. The second-order valence-corrected chi connectivity index (χ2v) is 5.02. The maximum Gasteiger partial charge on any atom is 0.143 e. The van der Waals surface area contributed by atoms with Crippen LogP contribution in [0.5, 0.6) is 5.75 Å². The number of aromatic hydroxyl groups is 1. The van der Waals surface area contributed by atoms with E-state index in [0.29, 0.717) is 14.5 Å². The number of rotatable bonds is 3. The molecule has 15 heavy (non-hydrogen) atoms. The van der Waals surface area contributed by atoms with Gasteiger partial charge in [0.25, 0.3) is 0 Å². The summed E-state index contributed by atoms with van der Waals surface area (Å²) in [5.41, 5.74) is 0.472. The van der Waals surface area contributed by atoms with E-state index in [0.717, 1.165) is 0 Å². The van der Waals surface area contributed by atoms with E-state index >= 15 is 0 Å². The Labute approximate surface area is 109 Å². The first-order valence-electron chi connectivity index (χ1n) is 4.07. The van der Waals surface area contributed by atoms with Crippen LogP contribution in [0.4, 0.5) is 0 Å². The molecule has 84 valence electrons. The first-order chi connectivity index (χ1) is 6.97. The summed E-state index contributed by atoms with van der Waals surface area (Å²) in [6, 6.07) is 3.06. The van der Waals surface area contributed by atoms with Gasteiger partial charge in [-0.15, -0.1) is 11.6 Å². The van der Waals surface area contributed by atoms with E-state index in [1.54, 1.807) is 0 Å². The number of alkyl halides is 1. The molecule has 0 aromatic heterocycles. The lowest BCUT2D eigenvalue weighted by atomic mass is 10.1. The zero-order valence-electron chi connectivity index (χ0n) is 7.49. The van der Waals surface area contributed by atoms with Crippen molar-refractivity contribution in [2.75, 3.05) is 5.88 Å². The molecular formula is C9H9Br2ClO3. The van der Waals surface area contributed by atoms with Gasteiger partial charge in [0.05, 0.1) is 20.9 Å². The fraction of sp³-hybridized carbons (Fsp3) is 0.333. The molecule has 3 nitrogen and oxygen atoms in total. The molecule has 6 heteroatoms. The smallest absolute Gasteiger partial charge is 0.143 e. The molecular weight excluding hydrogens is 351 g/mol. The quantitative estimate of drug-likeness (QED) is 0.726. The third-order valence-corrected chi connectivity index (χ3v) is 3.43. The molecule has 0 spiro atoms. The fourth-order valence-corrected chi connectivity index (χ4v) is 2.45. The molecule has 2 atom stereocenters. The normalized spacial score (nSPS) is 15.0. The number of aliphatic hydroxyl groups is 2. The van der Waals surface area contributed by atoms with Crippen LogP contribution in [0.15, 0.2) is 21.1 Å². The molecule has 1 aromatic carbocycles. The van der Waals surface area contributed by atoms with E-state index in [4.69, 9.17) is 11.6 Å². The van der Waals surface area contributed by atoms with Crippen molar-refractivity contribution >= 4 is 43.5 Å². The predicted molar refractivity (Wildman–Crippen MR) is 65.2 cm³/mol. The molecule has 2 unspecified atom stereocenters. The van der Waals surface area contributed by atoms with Crippen LogP contribution in [0, 0.1) is 0 Å². The molecule has 0 heterocycles. The van der Waals surface area contributed by atoms with Gasteiger partial charge in [-0.1, -0.05) is 0 Å². The summed E-state index contributed by atoms with van der Waals surface area (Å²) in [6.07, 6.45) is -2.11. The Morgan fingerprint density at radius 2 is 1.67 bits per heavy atom. The SMILES string of the molecule is Oc1c(Br)cc(C(O)C(O)CCl)cc1Br. The molecule has 0 amide bonds. The number of phenolic OH excluding ortho intramolecular Hbond substituents is 1. The minimum Gasteiger partial charge on any atom is -0.506 e. The third-order valence-electron chi connectivity index (χ3n) is 1.90. The average Bonchev–Trinajstić information content (AvgIpc) is 2.23. The Balaban J connectivity index is 3.06. The van der Waals surface area contributed by atoms with E-state index in [1.807, 2.05) is 0 Å². The summed E-state index contributed by atoms with van der Waals surface area (Å²) in [6.45, 7) is 0. The summed E-state index contributed by atoms with van der Waals surface area (Å²) in [5, 5.41) is 28.5. The lowest BCUT2D eigenvalue weighted by molar-refractivity contribution is 0.0326. The Morgan fingerprint density at radius 3 is 2.07 bits per heavy atom. The highest BCUT2D eigenvalue weighted by molar-refractivity contribution is 9.11. The lowest BCUT2D eigenvalue weighted by Gasteiger charge is -2.16. The molecule has 1 aromatic rings. The Kier molecular flexibility index (Phi) is 4.86. The third kappa shape index (κ3) is 3.07. The lowest BCUT2D eigenvalue weighted by Crippen LogP contribution is -2.19. The minimum absolute atomic E-state index is 0.0475. The largest absolute Gasteiger partial charge is 0.506 e. The second-order valence-electron chi connectivity index (χ2n) is 3.00. The zero-order valence-corrected chi connectivity index (χ0v) is 11.4. The van der Waals surface area contributed by atoms with Gasteiger partial charge in [0.15, 0.2) is 0 Å². The monoisotopic (exact) mass is 358 g/mol. The molecule has 0 saturated heterocycles. The van der Waals surface area contributed by atoms with Crippen LogP contribution < -0.4 is 0 Å². The summed E-state index contributed by atoms with van der Waals surface area (Å²) >= 11 is 11.7. The van der Waals surface area contributed by atoms with E-state index < -0.39 is 12.2 Å². The van der Waals surface area contributed by atoms with Crippen molar-refractivity contribution < 1.29 is 15.3 Å². The molecule has 0 fully saturated rings. The van der Waals surface area contributed by atoms with Crippen molar-refractivity contribution in [2.45, 2.75) is 12.2 Å². The molecule has 0 radical (unpaired) electrons. The topological polar surface area (TPSA) is 60.7 Å². The standard InChI is InChI=1S/C9H9Br2ClO3/c10-5-1-4(2-6(11)9(5)15)8(14)7(13)3-12/h1-2,7-8,13-15H,3H2. The van der Waals surface area contributed by atoms with Crippen molar-refractivity contribution in [3.63, 3.8) is 0 Å². The number of benzene rings is 1. The molecule has 0 bridgehead atoms. The summed E-state index contributed by atoms with van der Waals surface area (Å²) in [7, 11) is 0. The van der Waals surface area contributed by atoms with Crippen LogP contribution in [0.3, 0.4) is 0 Å². The van der Waals surface area contributed by atoms with E-state index in [1.165, 1.54) is 12.1 Å². The van der Waals surface area contributed by atoms with Crippen molar-refractivity contribution in [3.05, 3.63) is 26.6 Å². The summed E-state index contributed by atoms with van der Waals surface area (Å²) < 4.78 is 0.875. The maximum absolute atomic E-state index is 9.67. The second kappa shape index (κ2) is 5.50. The Hall–Kier alpha value is 0.190. The van der Waals surface area contributed by atoms with Crippen LogP contribution in [0.1, 0.15) is 11.7 Å². The van der Waals surface area contributed by atoms with Gasteiger partial charge in [0.2, 0.25) is 0 Å². The van der Waals surface area contributed by atoms with E-state index in [2.05, 4.69) is 31.9 Å². The molecule has 0 aliphatic carbocycles. The van der Waals surface area contributed by atoms with Crippen LogP contribution in [0.2, 0.25) is 0 Å². The molecule has 0 aliphatic heterocycles. The van der Waals surface area contributed by atoms with Crippen molar-refractivity contribution in [1.29, 1.82) is 0 Å². The molecule has 3 N–H and O–H groups in total. The van der Waals surface area contributed by atoms with Crippen LogP contribution in [-0.4, -0.2) is 27.3 Å². The molecule has 0 saturated carbocycles. The van der Waals surface area contributed by atoms with Gasteiger partial charge in [-0.2, -0.15) is 0 Å². The first kappa shape index (κ1) is 13.3. The fourth-order valence-electron chi connectivity index (χ4n) is 1.06. The minimum atomic E-state index is -1.07. The van der Waals surface area contributed by atoms with Gasteiger partial charge in [-0.05, 0) is 49.6 Å². The maximum atomic E-state index is 9.67. The van der Waals surface area contributed by atoms with Gasteiger partial charge < -0.3 is 15.3 Å². The first-order valence-corrected chi connectivity index (χ1v) is 6.19. The van der Waals surface area contributed by atoms with Gasteiger partial charge >= 0.3 is 0 Å². The number of hydrogen-bond donors (Lipinski definition) is 3. The Bertz CT molecular complexity index is 336. The number of aliphatic hydroxyl groups excluding tert-OH is 2. The van der Waals surface area contributed by atoms with Gasteiger partial charge in [0.1, 0.15) is 11.9 Å². The highest BCUT2D eigenvalue weighted by atomic mass is 79.9. The van der Waals surface area contributed by atoms with Gasteiger partial charge in [-0.3, -0.25) is 0 Å². The summed E-state index contributed by atoms with van der Waals surface area (Å²) in [5.74, 6) is -0.0107. The van der Waals surface area contributed by atoms with Crippen molar-refractivity contribution in [2.24, 2.45) is 0 Å². The molecule has 0 aliphatic rings. The van der Waals surface area contributed by atoms with E-state index in [9.17, 15) is 15.3 Å². The average molecular weight is 360 g/mol. The predicted octanol–water partition coefficient (Wildman–Crippen LogP) is 2.55. The zero-order chi connectivity index (χ0) is 11.6. The van der Waals surface area contributed by atoms with Gasteiger partial charge in [0, 0.05) is 0 Å². The van der Waals surface area contributed by atoms with Crippen LogP contribution >= 0.6 is 43.5 Å².